The fourth-order valence-corrected chi connectivity index (χ4v) is 6.36. The number of carbonyl (C=O) groups is 2. The number of amides is 2. The summed E-state index contributed by atoms with van der Waals surface area (Å²) in [6.07, 6.45) is 2.15. The van der Waals surface area contributed by atoms with Gasteiger partial charge in [-0.25, -0.2) is 8.42 Å². The molecule has 2 aliphatic rings. The smallest absolute Gasteiger partial charge is 0.266 e. The summed E-state index contributed by atoms with van der Waals surface area (Å²) in [5.74, 6) is 0.167. The Bertz CT molecular complexity index is 957. The van der Waals surface area contributed by atoms with Gasteiger partial charge in [0.05, 0.1) is 23.5 Å². The molecule has 1 aromatic carbocycles. The third-order valence-corrected chi connectivity index (χ3v) is 8.02. The lowest BCUT2D eigenvalue weighted by atomic mass is 10.2. The molecular formula is C19H22N2O5S3. The monoisotopic (exact) mass is 454 g/mol. The van der Waals surface area contributed by atoms with Crippen molar-refractivity contribution in [3.05, 3.63) is 34.7 Å². The largest absolute Gasteiger partial charge is 0.497 e. The van der Waals surface area contributed by atoms with Crippen LogP contribution in [-0.4, -0.2) is 72.1 Å². The van der Waals surface area contributed by atoms with Crippen LogP contribution in [0.25, 0.3) is 6.08 Å². The first-order valence-corrected chi connectivity index (χ1v) is 12.2. The van der Waals surface area contributed by atoms with Crippen LogP contribution >= 0.6 is 24.0 Å². The van der Waals surface area contributed by atoms with Crippen molar-refractivity contribution in [2.75, 3.05) is 31.7 Å². The van der Waals surface area contributed by atoms with Gasteiger partial charge in [0, 0.05) is 12.6 Å². The van der Waals surface area contributed by atoms with E-state index in [1.807, 2.05) is 12.1 Å². The Balaban J connectivity index is 1.70. The van der Waals surface area contributed by atoms with Gasteiger partial charge in [-0.05, 0) is 37.1 Å². The first-order chi connectivity index (χ1) is 13.7. The number of rotatable bonds is 6. The summed E-state index contributed by atoms with van der Waals surface area (Å²) >= 11 is 6.45. The van der Waals surface area contributed by atoms with Gasteiger partial charge in [-0.3, -0.25) is 14.5 Å². The van der Waals surface area contributed by atoms with Gasteiger partial charge in [-0.15, -0.1) is 0 Å². The maximum Gasteiger partial charge on any atom is 0.266 e. The van der Waals surface area contributed by atoms with Gasteiger partial charge in [-0.1, -0.05) is 36.1 Å². The van der Waals surface area contributed by atoms with Crippen molar-refractivity contribution in [1.82, 2.24) is 9.80 Å². The van der Waals surface area contributed by atoms with Gasteiger partial charge in [0.25, 0.3) is 5.91 Å². The molecule has 0 spiro atoms. The van der Waals surface area contributed by atoms with Crippen LogP contribution in [0.1, 0.15) is 18.9 Å². The third kappa shape index (κ3) is 4.99. The number of thiocarbonyl (C=S) groups is 1. The Kier molecular flexibility index (Phi) is 6.65. The molecule has 2 fully saturated rings. The molecule has 10 heteroatoms. The van der Waals surface area contributed by atoms with Crippen LogP contribution in [-0.2, 0) is 19.4 Å². The highest BCUT2D eigenvalue weighted by atomic mass is 32.2. The van der Waals surface area contributed by atoms with E-state index in [0.717, 1.165) is 17.3 Å². The molecule has 0 bridgehead atoms. The van der Waals surface area contributed by atoms with Crippen LogP contribution in [0.5, 0.6) is 5.75 Å². The van der Waals surface area contributed by atoms with Gasteiger partial charge >= 0.3 is 0 Å². The molecule has 2 amide bonds. The van der Waals surface area contributed by atoms with Crippen LogP contribution in [0.15, 0.2) is 29.2 Å². The van der Waals surface area contributed by atoms with E-state index in [4.69, 9.17) is 17.0 Å². The van der Waals surface area contributed by atoms with Crippen LogP contribution in [0.3, 0.4) is 0 Å². The Morgan fingerprint density at radius 3 is 2.62 bits per heavy atom. The second-order valence-electron chi connectivity index (χ2n) is 6.78. The summed E-state index contributed by atoms with van der Waals surface area (Å²) in [5, 5.41) is 0. The zero-order valence-electron chi connectivity index (χ0n) is 16.2. The summed E-state index contributed by atoms with van der Waals surface area (Å²) in [4.78, 5) is 28.8. The predicted octanol–water partition coefficient (Wildman–Crippen LogP) is 1.93. The zero-order valence-corrected chi connectivity index (χ0v) is 18.6. The fraction of sp³-hybridized carbons (Fsp3) is 0.421. The van der Waals surface area contributed by atoms with Crippen molar-refractivity contribution in [2.24, 2.45) is 0 Å². The first-order valence-electron chi connectivity index (χ1n) is 9.13. The maximum absolute atomic E-state index is 12.8. The molecule has 0 unspecified atom stereocenters. The van der Waals surface area contributed by atoms with Crippen molar-refractivity contribution >= 4 is 56.0 Å². The number of benzene rings is 1. The second-order valence-corrected chi connectivity index (χ2v) is 10.7. The van der Waals surface area contributed by atoms with Crippen LogP contribution in [0.4, 0.5) is 0 Å². The average molecular weight is 455 g/mol. The molecule has 0 radical (unpaired) electrons. The minimum absolute atomic E-state index is 0.0255. The van der Waals surface area contributed by atoms with Crippen molar-refractivity contribution in [2.45, 2.75) is 19.4 Å². The molecule has 2 heterocycles. The number of hydrogen-bond donors (Lipinski definition) is 0. The van der Waals surface area contributed by atoms with Crippen LogP contribution in [0, 0.1) is 0 Å². The van der Waals surface area contributed by atoms with E-state index in [9.17, 15) is 18.0 Å². The van der Waals surface area contributed by atoms with E-state index in [0.29, 0.717) is 27.9 Å². The molecule has 7 nitrogen and oxygen atoms in total. The van der Waals surface area contributed by atoms with Gasteiger partial charge in [0.2, 0.25) is 5.91 Å². The fourth-order valence-electron chi connectivity index (χ4n) is 3.37. The van der Waals surface area contributed by atoms with E-state index < -0.39 is 9.84 Å². The maximum atomic E-state index is 12.8. The normalized spacial score (nSPS) is 22.3. The highest BCUT2D eigenvalue weighted by Gasteiger charge is 2.38. The van der Waals surface area contributed by atoms with E-state index in [2.05, 4.69) is 0 Å². The number of hydrogen-bond acceptors (Lipinski definition) is 7. The lowest BCUT2D eigenvalue weighted by Crippen LogP contribution is -2.47. The quantitative estimate of drug-likeness (QED) is 0.480. The number of nitrogens with zero attached hydrogens (tertiary/aromatic N) is 2. The minimum Gasteiger partial charge on any atom is -0.497 e. The summed E-state index contributed by atoms with van der Waals surface area (Å²) < 4.78 is 28.9. The highest BCUT2D eigenvalue weighted by Crippen LogP contribution is 2.33. The Morgan fingerprint density at radius 2 is 2.07 bits per heavy atom. The molecule has 0 N–H and O–H groups in total. The highest BCUT2D eigenvalue weighted by molar-refractivity contribution is 8.26. The molecule has 1 aromatic rings. The van der Waals surface area contributed by atoms with Crippen molar-refractivity contribution in [3.63, 3.8) is 0 Å². The van der Waals surface area contributed by atoms with E-state index in [-0.39, 0.29) is 35.9 Å². The third-order valence-electron chi connectivity index (χ3n) is 4.89. The Labute approximate surface area is 180 Å². The van der Waals surface area contributed by atoms with E-state index in [1.165, 1.54) is 9.80 Å². The molecule has 156 valence electrons. The molecule has 29 heavy (non-hydrogen) atoms. The summed E-state index contributed by atoms with van der Waals surface area (Å²) in [7, 11) is -1.52. The van der Waals surface area contributed by atoms with E-state index in [1.54, 1.807) is 32.2 Å². The number of likely N-dealkylation sites (N-methyl/N-ethyl adjacent to an activating group) is 1. The average Bonchev–Trinajstić information content (AvgIpc) is 3.16. The standard InChI is InChI=1S/C19H22N2O5S3/c1-3-20(14-8-9-29(24,25)12-14)17(22)11-21-18(23)16(28-19(21)27)10-13-4-6-15(26-2)7-5-13/h4-7,10,14H,3,8-9,11-12H2,1-2H3/b16-10+/t14-/m1/s1. The van der Waals surface area contributed by atoms with Crippen LogP contribution in [0.2, 0.25) is 0 Å². The molecule has 0 aliphatic carbocycles. The molecule has 2 saturated heterocycles. The van der Waals surface area contributed by atoms with Gasteiger partial charge < -0.3 is 9.64 Å². The number of sulfone groups is 1. The van der Waals surface area contributed by atoms with Gasteiger partial charge in [-0.2, -0.15) is 0 Å². The molecule has 0 aromatic heterocycles. The lowest BCUT2D eigenvalue weighted by Gasteiger charge is -2.28. The molecule has 0 saturated carbocycles. The van der Waals surface area contributed by atoms with Gasteiger partial charge in [0.15, 0.2) is 9.84 Å². The molecular weight excluding hydrogens is 432 g/mol. The molecule has 1 atom stereocenters. The minimum atomic E-state index is -3.10. The number of methoxy groups -OCH3 is 1. The molecule has 2 aliphatic heterocycles. The number of carbonyl (C=O) groups excluding carboxylic acids is 2. The second kappa shape index (κ2) is 8.85. The van der Waals surface area contributed by atoms with Crippen molar-refractivity contribution in [1.29, 1.82) is 0 Å². The predicted molar refractivity (Wildman–Crippen MR) is 117 cm³/mol. The zero-order chi connectivity index (χ0) is 21.2. The SMILES string of the molecule is CCN(C(=O)CN1C(=O)/C(=C\c2ccc(OC)cc2)SC1=S)[C@@H]1CCS(=O)(=O)C1. The topological polar surface area (TPSA) is 84.0 Å². The lowest BCUT2D eigenvalue weighted by molar-refractivity contribution is -0.136. The van der Waals surface area contributed by atoms with E-state index >= 15 is 0 Å². The number of thioether (sulfide) groups is 1. The first kappa shape index (κ1) is 21.8. The van der Waals surface area contributed by atoms with Crippen molar-refractivity contribution < 1.29 is 22.7 Å². The molecule has 3 rings (SSSR count). The van der Waals surface area contributed by atoms with Crippen LogP contribution < -0.4 is 4.74 Å². The summed E-state index contributed by atoms with van der Waals surface area (Å²) in [6.45, 7) is 2.00. The summed E-state index contributed by atoms with van der Waals surface area (Å²) in [6, 6.07) is 6.91. The Hall–Kier alpha value is -1.91. The number of ether oxygens (including phenoxy) is 1. The summed E-state index contributed by atoms with van der Waals surface area (Å²) in [5.41, 5.74) is 0.823. The van der Waals surface area contributed by atoms with Crippen molar-refractivity contribution in [3.8, 4) is 5.75 Å². The Morgan fingerprint density at radius 1 is 1.38 bits per heavy atom. The van der Waals surface area contributed by atoms with Gasteiger partial charge in [0.1, 0.15) is 16.6 Å².